The van der Waals surface area contributed by atoms with Crippen LogP contribution >= 0.6 is 0 Å². The maximum atomic E-state index is 11.8. The zero-order valence-electron chi connectivity index (χ0n) is 16.2. The standard InChI is InChI=1S/C19H26N4O4/c1-19(2,3)22-16(25)12-20-15(24)6-5-7-17-21-18(23-27-17)13-8-10-14(26-4)11-9-13/h8-11H,5-7,12H2,1-4H3,(H,20,24)(H,22,25). The minimum atomic E-state index is -0.318. The van der Waals surface area contributed by atoms with E-state index in [9.17, 15) is 9.59 Å². The van der Waals surface area contributed by atoms with E-state index in [1.807, 2.05) is 45.0 Å². The number of hydrogen-bond acceptors (Lipinski definition) is 6. The van der Waals surface area contributed by atoms with Gasteiger partial charge >= 0.3 is 0 Å². The van der Waals surface area contributed by atoms with Crippen LogP contribution in [0.5, 0.6) is 5.75 Å². The number of aromatic nitrogens is 2. The summed E-state index contributed by atoms with van der Waals surface area (Å²) in [5.74, 6) is 1.32. The van der Waals surface area contributed by atoms with Crippen molar-refractivity contribution in [3.05, 3.63) is 30.2 Å². The summed E-state index contributed by atoms with van der Waals surface area (Å²) in [6.07, 6.45) is 1.32. The van der Waals surface area contributed by atoms with Crippen LogP contribution in [0.3, 0.4) is 0 Å². The number of hydrogen-bond donors (Lipinski definition) is 2. The summed E-state index contributed by atoms with van der Waals surface area (Å²) in [5, 5.41) is 9.34. The average molecular weight is 374 g/mol. The molecule has 0 bridgehead atoms. The summed E-state index contributed by atoms with van der Waals surface area (Å²) < 4.78 is 10.3. The van der Waals surface area contributed by atoms with Gasteiger partial charge < -0.3 is 19.9 Å². The molecule has 0 unspecified atom stereocenters. The highest BCUT2D eigenvalue weighted by molar-refractivity contribution is 5.84. The van der Waals surface area contributed by atoms with Gasteiger partial charge in [-0.1, -0.05) is 5.16 Å². The van der Waals surface area contributed by atoms with Crippen molar-refractivity contribution in [1.82, 2.24) is 20.8 Å². The Morgan fingerprint density at radius 3 is 2.48 bits per heavy atom. The fraction of sp³-hybridized carbons (Fsp3) is 0.474. The summed E-state index contributed by atoms with van der Waals surface area (Å²) in [6.45, 7) is 5.63. The second-order valence-corrected chi connectivity index (χ2v) is 7.17. The SMILES string of the molecule is COc1ccc(-c2noc(CCCC(=O)NCC(=O)NC(C)(C)C)n2)cc1. The molecule has 2 amide bonds. The highest BCUT2D eigenvalue weighted by atomic mass is 16.5. The van der Waals surface area contributed by atoms with Crippen LogP contribution in [0, 0.1) is 0 Å². The smallest absolute Gasteiger partial charge is 0.239 e. The molecule has 0 atom stereocenters. The van der Waals surface area contributed by atoms with Crippen molar-refractivity contribution < 1.29 is 18.8 Å². The van der Waals surface area contributed by atoms with E-state index in [1.165, 1.54) is 0 Å². The van der Waals surface area contributed by atoms with Gasteiger partial charge in [0, 0.05) is 23.9 Å². The molecule has 1 heterocycles. The molecule has 0 radical (unpaired) electrons. The zero-order chi connectivity index (χ0) is 19.9. The monoisotopic (exact) mass is 374 g/mol. The van der Waals surface area contributed by atoms with E-state index in [0.717, 1.165) is 11.3 Å². The highest BCUT2D eigenvalue weighted by Gasteiger charge is 2.14. The number of carbonyl (C=O) groups excluding carboxylic acids is 2. The minimum Gasteiger partial charge on any atom is -0.497 e. The number of ether oxygens (including phenoxy) is 1. The molecule has 2 rings (SSSR count). The molecule has 0 aliphatic heterocycles. The zero-order valence-corrected chi connectivity index (χ0v) is 16.2. The molecular formula is C19H26N4O4. The average Bonchev–Trinajstić information content (AvgIpc) is 3.07. The van der Waals surface area contributed by atoms with Crippen molar-refractivity contribution in [2.75, 3.05) is 13.7 Å². The van der Waals surface area contributed by atoms with Crippen molar-refractivity contribution in [3.63, 3.8) is 0 Å². The van der Waals surface area contributed by atoms with Crippen molar-refractivity contribution in [3.8, 4) is 17.1 Å². The third kappa shape index (κ3) is 7.08. The maximum Gasteiger partial charge on any atom is 0.239 e. The fourth-order valence-corrected chi connectivity index (χ4v) is 2.34. The molecule has 1 aromatic heterocycles. The summed E-state index contributed by atoms with van der Waals surface area (Å²) >= 11 is 0. The predicted molar refractivity (Wildman–Crippen MR) is 100 cm³/mol. The molecule has 2 N–H and O–H groups in total. The van der Waals surface area contributed by atoms with Gasteiger partial charge in [-0.2, -0.15) is 4.98 Å². The van der Waals surface area contributed by atoms with Crippen LogP contribution in [0.2, 0.25) is 0 Å². The largest absolute Gasteiger partial charge is 0.497 e. The second-order valence-electron chi connectivity index (χ2n) is 7.17. The van der Waals surface area contributed by atoms with Gasteiger partial charge in [-0.25, -0.2) is 0 Å². The van der Waals surface area contributed by atoms with Crippen molar-refractivity contribution in [1.29, 1.82) is 0 Å². The topological polar surface area (TPSA) is 106 Å². The lowest BCUT2D eigenvalue weighted by Gasteiger charge is -2.20. The lowest BCUT2D eigenvalue weighted by molar-refractivity contribution is -0.126. The maximum absolute atomic E-state index is 11.8. The van der Waals surface area contributed by atoms with Crippen LogP contribution < -0.4 is 15.4 Å². The first kappa shape index (κ1) is 20.4. The minimum absolute atomic E-state index is 0.0295. The van der Waals surface area contributed by atoms with Crippen LogP contribution in [0.25, 0.3) is 11.4 Å². The number of nitrogens with zero attached hydrogens (tertiary/aromatic N) is 2. The van der Waals surface area contributed by atoms with Gasteiger partial charge in [0.15, 0.2) is 0 Å². The number of rotatable bonds is 8. The third-order valence-electron chi connectivity index (χ3n) is 3.57. The first-order chi connectivity index (χ1) is 12.8. The first-order valence-corrected chi connectivity index (χ1v) is 8.81. The summed E-state index contributed by atoms with van der Waals surface area (Å²) in [4.78, 5) is 27.8. The molecule has 0 aliphatic carbocycles. The molecule has 0 spiro atoms. The Morgan fingerprint density at radius 1 is 1.15 bits per heavy atom. The molecule has 146 valence electrons. The van der Waals surface area contributed by atoms with E-state index in [-0.39, 0.29) is 30.3 Å². The van der Waals surface area contributed by atoms with E-state index in [2.05, 4.69) is 20.8 Å². The van der Waals surface area contributed by atoms with Crippen LogP contribution in [-0.4, -0.2) is 41.1 Å². The molecule has 0 saturated carbocycles. The Kier molecular flexibility index (Phi) is 6.92. The van der Waals surface area contributed by atoms with Crippen molar-refractivity contribution >= 4 is 11.8 Å². The number of amides is 2. The Hall–Kier alpha value is -2.90. The van der Waals surface area contributed by atoms with Crippen LogP contribution in [0.15, 0.2) is 28.8 Å². The molecule has 27 heavy (non-hydrogen) atoms. The van der Waals surface area contributed by atoms with Gasteiger partial charge in [0.1, 0.15) is 5.75 Å². The highest BCUT2D eigenvalue weighted by Crippen LogP contribution is 2.20. The quantitative estimate of drug-likeness (QED) is 0.733. The Balaban J connectivity index is 1.73. The van der Waals surface area contributed by atoms with Gasteiger partial charge in [-0.05, 0) is 51.5 Å². The Bertz CT molecular complexity index is 763. The summed E-state index contributed by atoms with van der Waals surface area (Å²) in [5.41, 5.74) is 0.509. The lowest BCUT2D eigenvalue weighted by Crippen LogP contribution is -2.45. The summed E-state index contributed by atoms with van der Waals surface area (Å²) in [7, 11) is 1.61. The van der Waals surface area contributed by atoms with E-state index in [0.29, 0.717) is 24.6 Å². The van der Waals surface area contributed by atoms with Gasteiger partial charge in [0.05, 0.1) is 13.7 Å². The first-order valence-electron chi connectivity index (χ1n) is 8.81. The van der Waals surface area contributed by atoms with Crippen LogP contribution in [-0.2, 0) is 16.0 Å². The van der Waals surface area contributed by atoms with Crippen LogP contribution in [0.4, 0.5) is 0 Å². The number of aryl methyl sites for hydroxylation is 1. The Morgan fingerprint density at radius 2 is 1.85 bits per heavy atom. The predicted octanol–water partition coefficient (Wildman–Crippen LogP) is 2.10. The normalized spacial score (nSPS) is 11.1. The fourth-order valence-electron chi connectivity index (χ4n) is 2.34. The van der Waals surface area contributed by atoms with Crippen molar-refractivity contribution in [2.45, 2.75) is 45.6 Å². The number of methoxy groups -OCH3 is 1. The molecule has 0 aliphatic rings. The molecule has 2 aromatic rings. The van der Waals surface area contributed by atoms with Crippen molar-refractivity contribution in [2.24, 2.45) is 0 Å². The molecular weight excluding hydrogens is 348 g/mol. The van der Waals surface area contributed by atoms with Gasteiger partial charge in [-0.15, -0.1) is 0 Å². The van der Waals surface area contributed by atoms with Gasteiger partial charge in [0.2, 0.25) is 23.5 Å². The van der Waals surface area contributed by atoms with Gasteiger partial charge in [-0.3, -0.25) is 9.59 Å². The lowest BCUT2D eigenvalue weighted by atomic mass is 10.1. The van der Waals surface area contributed by atoms with Crippen LogP contribution in [0.1, 0.15) is 39.5 Å². The van der Waals surface area contributed by atoms with E-state index < -0.39 is 0 Å². The molecule has 8 nitrogen and oxygen atoms in total. The van der Waals surface area contributed by atoms with E-state index in [4.69, 9.17) is 9.26 Å². The summed E-state index contributed by atoms with van der Waals surface area (Å²) in [6, 6.07) is 7.35. The number of nitrogens with one attached hydrogen (secondary N) is 2. The molecule has 0 fully saturated rings. The number of carbonyl (C=O) groups is 2. The van der Waals surface area contributed by atoms with Gasteiger partial charge in [0.25, 0.3) is 0 Å². The molecule has 1 aromatic carbocycles. The molecule has 0 saturated heterocycles. The number of benzene rings is 1. The third-order valence-corrected chi connectivity index (χ3v) is 3.57. The van der Waals surface area contributed by atoms with E-state index in [1.54, 1.807) is 7.11 Å². The second kappa shape index (κ2) is 9.16. The van der Waals surface area contributed by atoms with E-state index >= 15 is 0 Å². The molecule has 8 heteroatoms. The Labute approximate surface area is 158 Å².